The molecule has 1 amide bonds. The molecular weight excluding hydrogens is 320 g/mol. The average molecular weight is 340 g/mol. The van der Waals surface area contributed by atoms with E-state index < -0.39 is 15.9 Å². The zero-order valence-corrected chi connectivity index (χ0v) is 13.9. The number of ether oxygens (including phenoxy) is 1. The van der Waals surface area contributed by atoms with Gasteiger partial charge in [0.25, 0.3) is 5.91 Å². The van der Waals surface area contributed by atoms with Crippen LogP contribution in [-0.2, 0) is 14.8 Å². The highest BCUT2D eigenvalue weighted by molar-refractivity contribution is 7.89. The van der Waals surface area contributed by atoms with Crippen LogP contribution in [0.4, 0.5) is 0 Å². The summed E-state index contributed by atoms with van der Waals surface area (Å²) < 4.78 is 31.7. The Morgan fingerprint density at radius 2 is 1.87 bits per heavy atom. The molecule has 0 unspecified atom stereocenters. The largest absolute Gasteiger partial charge is 0.496 e. The predicted molar refractivity (Wildman–Crippen MR) is 83.7 cm³/mol. The topological polar surface area (TPSA) is 107 Å². The minimum Gasteiger partial charge on any atom is -0.496 e. The molecule has 1 saturated heterocycles. The summed E-state index contributed by atoms with van der Waals surface area (Å²) in [5.74, 6) is -0.526. The van der Waals surface area contributed by atoms with Crippen molar-refractivity contribution in [2.45, 2.75) is 24.7 Å². The lowest BCUT2D eigenvalue weighted by atomic mass is 9.95. The Balaban J connectivity index is 2.29. The molecule has 1 heterocycles. The zero-order valence-electron chi connectivity index (χ0n) is 13.1. The highest BCUT2D eigenvalue weighted by atomic mass is 32.2. The van der Waals surface area contributed by atoms with Gasteiger partial charge in [0.05, 0.1) is 17.6 Å². The van der Waals surface area contributed by atoms with Crippen molar-refractivity contribution >= 4 is 21.7 Å². The molecule has 8 heteroatoms. The van der Waals surface area contributed by atoms with Crippen molar-refractivity contribution in [3.8, 4) is 5.75 Å². The van der Waals surface area contributed by atoms with Crippen molar-refractivity contribution in [2.75, 3.05) is 20.2 Å². The molecule has 0 spiro atoms. The maximum absolute atomic E-state index is 12.7. The molecule has 7 nitrogen and oxygen atoms in total. The van der Waals surface area contributed by atoms with E-state index in [1.807, 2.05) is 0 Å². The van der Waals surface area contributed by atoms with Gasteiger partial charge in [0, 0.05) is 19.0 Å². The molecule has 1 fully saturated rings. The summed E-state index contributed by atoms with van der Waals surface area (Å²) in [5.41, 5.74) is 5.29. The maximum Gasteiger partial charge on any atom is 0.252 e. The summed E-state index contributed by atoms with van der Waals surface area (Å²) in [4.78, 5) is 22.8. The zero-order chi connectivity index (χ0) is 17.2. The third-order valence-electron chi connectivity index (χ3n) is 4.10. The quantitative estimate of drug-likeness (QED) is 0.852. The second-order valence-corrected chi connectivity index (χ2v) is 7.45. The molecule has 0 bridgehead atoms. The number of ketones is 1. The molecular formula is C15H20N2O5S. The van der Waals surface area contributed by atoms with Gasteiger partial charge in [-0.25, -0.2) is 8.42 Å². The van der Waals surface area contributed by atoms with E-state index in [4.69, 9.17) is 10.5 Å². The van der Waals surface area contributed by atoms with Crippen LogP contribution in [0.5, 0.6) is 5.75 Å². The molecule has 1 aromatic carbocycles. The van der Waals surface area contributed by atoms with Gasteiger partial charge in [-0.1, -0.05) is 0 Å². The highest BCUT2D eigenvalue weighted by Gasteiger charge is 2.31. The van der Waals surface area contributed by atoms with Gasteiger partial charge in [-0.2, -0.15) is 4.31 Å². The minimum atomic E-state index is -3.73. The fraction of sp³-hybridized carbons (Fsp3) is 0.467. The Bertz CT molecular complexity index is 721. The van der Waals surface area contributed by atoms with Crippen LogP contribution in [0.15, 0.2) is 23.1 Å². The first kappa shape index (κ1) is 17.4. The predicted octanol–water partition coefficient (Wildman–Crippen LogP) is 0.784. The molecule has 0 atom stereocenters. The summed E-state index contributed by atoms with van der Waals surface area (Å²) >= 11 is 0. The number of carbonyl (C=O) groups is 2. The number of methoxy groups -OCH3 is 1. The lowest BCUT2D eigenvalue weighted by molar-refractivity contribution is -0.121. The summed E-state index contributed by atoms with van der Waals surface area (Å²) in [6, 6.07) is 4.03. The lowest BCUT2D eigenvalue weighted by Gasteiger charge is -2.30. The summed E-state index contributed by atoms with van der Waals surface area (Å²) in [7, 11) is -2.36. The Labute approximate surface area is 135 Å². The van der Waals surface area contributed by atoms with Gasteiger partial charge >= 0.3 is 0 Å². The number of nitrogens with two attached hydrogens (primary N) is 1. The molecule has 0 aliphatic carbocycles. The van der Waals surface area contributed by atoms with Crippen LogP contribution in [0.3, 0.4) is 0 Å². The van der Waals surface area contributed by atoms with E-state index >= 15 is 0 Å². The SMILES string of the molecule is COc1ccc(S(=O)(=O)N2CCC(C(C)=O)CC2)cc1C(N)=O. The highest BCUT2D eigenvalue weighted by Crippen LogP contribution is 2.27. The molecule has 23 heavy (non-hydrogen) atoms. The minimum absolute atomic E-state index is 0.00613. The first-order valence-electron chi connectivity index (χ1n) is 7.25. The molecule has 126 valence electrons. The maximum atomic E-state index is 12.7. The average Bonchev–Trinajstić information content (AvgIpc) is 2.54. The number of amides is 1. The van der Waals surface area contributed by atoms with Crippen LogP contribution < -0.4 is 10.5 Å². The van der Waals surface area contributed by atoms with Gasteiger partial charge in [0.1, 0.15) is 11.5 Å². The van der Waals surface area contributed by atoms with Crippen LogP contribution >= 0.6 is 0 Å². The third kappa shape index (κ3) is 3.53. The number of sulfonamides is 1. The normalized spacial score (nSPS) is 17.0. The molecule has 2 rings (SSSR count). The monoisotopic (exact) mass is 340 g/mol. The summed E-state index contributed by atoms with van der Waals surface area (Å²) in [6.07, 6.45) is 1.01. The number of benzene rings is 1. The van der Waals surface area contributed by atoms with Crippen molar-refractivity contribution < 1.29 is 22.7 Å². The molecule has 1 aliphatic heterocycles. The fourth-order valence-corrected chi connectivity index (χ4v) is 4.19. The van der Waals surface area contributed by atoms with Crippen LogP contribution in [-0.4, -0.2) is 44.6 Å². The molecule has 0 radical (unpaired) electrons. The number of hydrogen-bond donors (Lipinski definition) is 1. The van der Waals surface area contributed by atoms with E-state index in [9.17, 15) is 18.0 Å². The Hall–Kier alpha value is -1.93. The smallest absolute Gasteiger partial charge is 0.252 e. The van der Waals surface area contributed by atoms with Crippen molar-refractivity contribution in [3.05, 3.63) is 23.8 Å². The van der Waals surface area contributed by atoms with Crippen molar-refractivity contribution in [3.63, 3.8) is 0 Å². The second kappa shape index (κ2) is 6.67. The van der Waals surface area contributed by atoms with Crippen molar-refractivity contribution in [2.24, 2.45) is 11.7 Å². The van der Waals surface area contributed by atoms with E-state index in [-0.39, 0.29) is 41.0 Å². The van der Waals surface area contributed by atoms with Crippen LogP contribution in [0.25, 0.3) is 0 Å². The molecule has 1 aliphatic rings. The number of rotatable bonds is 5. The van der Waals surface area contributed by atoms with E-state index in [1.54, 1.807) is 0 Å². The van der Waals surface area contributed by atoms with Crippen molar-refractivity contribution in [1.82, 2.24) is 4.31 Å². The van der Waals surface area contributed by atoms with Gasteiger partial charge in [-0.3, -0.25) is 9.59 Å². The van der Waals surface area contributed by atoms with Gasteiger partial charge < -0.3 is 10.5 Å². The Morgan fingerprint density at radius 3 is 2.35 bits per heavy atom. The van der Waals surface area contributed by atoms with E-state index in [2.05, 4.69) is 0 Å². The number of Topliss-reactive ketones (excluding diaryl/α,β-unsaturated/α-hetero) is 1. The summed E-state index contributed by atoms with van der Waals surface area (Å²) in [5, 5.41) is 0. The lowest BCUT2D eigenvalue weighted by Crippen LogP contribution is -2.39. The number of primary amides is 1. The number of hydrogen-bond acceptors (Lipinski definition) is 5. The molecule has 0 saturated carbocycles. The van der Waals surface area contributed by atoms with E-state index in [0.29, 0.717) is 12.8 Å². The van der Waals surface area contributed by atoms with E-state index in [0.717, 1.165) is 0 Å². The molecule has 0 aromatic heterocycles. The van der Waals surface area contributed by atoms with Gasteiger partial charge in [-0.15, -0.1) is 0 Å². The van der Waals surface area contributed by atoms with Crippen LogP contribution in [0.2, 0.25) is 0 Å². The number of nitrogens with zero attached hydrogens (tertiary/aromatic N) is 1. The van der Waals surface area contributed by atoms with Gasteiger partial charge in [0.2, 0.25) is 10.0 Å². The Kier molecular flexibility index (Phi) is 5.06. The van der Waals surface area contributed by atoms with Crippen LogP contribution in [0, 0.1) is 5.92 Å². The van der Waals surface area contributed by atoms with Gasteiger partial charge in [0.15, 0.2) is 0 Å². The standard InChI is InChI=1S/C15H20N2O5S/c1-10(18)11-5-7-17(8-6-11)23(20,21)12-3-4-14(22-2)13(9-12)15(16)19/h3-4,9,11H,5-8H2,1-2H3,(H2,16,19). The summed E-state index contributed by atoms with van der Waals surface area (Å²) in [6.45, 7) is 2.09. The molecule has 1 aromatic rings. The van der Waals surface area contributed by atoms with E-state index in [1.165, 1.54) is 36.5 Å². The third-order valence-corrected chi connectivity index (χ3v) is 6.00. The first-order valence-corrected chi connectivity index (χ1v) is 8.70. The van der Waals surface area contributed by atoms with Crippen LogP contribution in [0.1, 0.15) is 30.1 Å². The van der Waals surface area contributed by atoms with Crippen molar-refractivity contribution in [1.29, 1.82) is 0 Å². The number of carbonyl (C=O) groups excluding carboxylic acids is 2. The Morgan fingerprint density at radius 1 is 1.26 bits per heavy atom. The second-order valence-electron chi connectivity index (χ2n) is 5.52. The molecule has 2 N–H and O–H groups in total. The first-order chi connectivity index (χ1) is 10.8. The fourth-order valence-electron chi connectivity index (χ4n) is 2.69. The van der Waals surface area contributed by atoms with Gasteiger partial charge in [-0.05, 0) is 38.0 Å². The number of piperidine rings is 1.